The van der Waals surface area contributed by atoms with E-state index >= 15 is 0 Å². The molecule has 5 heteroatoms. The van der Waals surface area contributed by atoms with Crippen LogP contribution in [0.1, 0.15) is 11.3 Å². The van der Waals surface area contributed by atoms with Crippen LogP contribution in [0.5, 0.6) is 6.01 Å². The minimum Gasteiger partial charge on any atom is -0.467 e. The lowest BCUT2D eigenvalue weighted by Crippen LogP contribution is -1.97. The van der Waals surface area contributed by atoms with E-state index < -0.39 is 0 Å². The zero-order chi connectivity index (χ0) is 9.14. The van der Waals surface area contributed by atoms with Crippen LogP contribution in [-0.2, 0) is 0 Å². The Morgan fingerprint density at radius 2 is 2.17 bits per heavy atom. The Morgan fingerprint density at radius 3 is 2.58 bits per heavy atom. The first-order chi connectivity index (χ1) is 5.69. The second-order valence-electron chi connectivity index (χ2n) is 2.07. The number of aryl methyl sites for hydroxylation is 1. The summed E-state index contributed by atoms with van der Waals surface area (Å²) < 4.78 is 4.76. The number of nitrogens with zero attached hydrogens (tertiary/aromatic N) is 3. The molecule has 1 aromatic rings. The van der Waals surface area contributed by atoms with Gasteiger partial charge in [-0.15, -0.1) is 0 Å². The lowest BCUT2D eigenvalue weighted by atomic mass is 10.3. The van der Waals surface area contributed by atoms with Gasteiger partial charge in [0.05, 0.1) is 12.8 Å². The molecule has 1 heterocycles. The van der Waals surface area contributed by atoms with Crippen LogP contribution in [0.4, 0.5) is 0 Å². The third kappa shape index (κ3) is 1.46. The van der Waals surface area contributed by atoms with Gasteiger partial charge in [-0.3, -0.25) is 0 Å². The molecule has 0 bridgehead atoms. The van der Waals surface area contributed by atoms with Crippen LogP contribution < -0.4 is 4.74 Å². The highest BCUT2D eigenvalue weighted by Crippen LogP contribution is 2.17. The minimum atomic E-state index is 0.127. The molecule has 0 radical (unpaired) electrons. The lowest BCUT2D eigenvalue weighted by molar-refractivity contribution is 0.378. The van der Waals surface area contributed by atoms with Crippen LogP contribution in [0.3, 0.4) is 0 Å². The minimum absolute atomic E-state index is 0.127. The van der Waals surface area contributed by atoms with Crippen molar-refractivity contribution in [3.8, 4) is 12.1 Å². The summed E-state index contributed by atoms with van der Waals surface area (Å²) in [6.07, 6.45) is 0. The Balaban J connectivity index is 3.30. The predicted molar refractivity (Wildman–Crippen MR) is 43.0 cm³/mol. The molecule has 0 saturated carbocycles. The van der Waals surface area contributed by atoms with Gasteiger partial charge in [0.1, 0.15) is 11.6 Å². The quantitative estimate of drug-likeness (QED) is 0.616. The van der Waals surface area contributed by atoms with Crippen LogP contribution in [0.25, 0.3) is 0 Å². The zero-order valence-corrected chi connectivity index (χ0v) is 7.38. The number of rotatable bonds is 1. The summed E-state index contributed by atoms with van der Waals surface area (Å²) in [5.41, 5.74) is 0.812. The third-order valence-corrected chi connectivity index (χ3v) is 1.59. The number of methoxy groups -OCH3 is 1. The molecule has 0 saturated heterocycles. The molecule has 0 spiro atoms. The summed E-state index contributed by atoms with van der Waals surface area (Å²) in [4.78, 5) is 7.62. The van der Waals surface area contributed by atoms with Crippen molar-refractivity contribution in [2.24, 2.45) is 0 Å². The van der Waals surface area contributed by atoms with Crippen molar-refractivity contribution in [1.29, 1.82) is 5.26 Å². The monoisotopic (exact) mass is 183 g/mol. The Hall–Kier alpha value is -1.34. The van der Waals surface area contributed by atoms with Gasteiger partial charge in [-0.1, -0.05) is 11.6 Å². The fourth-order valence-electron chi connectivity index (χ4n) is 0.732. The molecule has 0 amide bonds. The van der Waals surface area contributed by atoms with Crippen LogP contribution in [0.15, 0.2) is 0 Å². The number of hydrogen-bond acceptors (Lipinski definition) is 4. The highest BCUT2D eigenvalue weighted by molar-refractivity contribution is 6.30. The Morgan fingerprint density at radius 1 is 1.50 bits per heavy atom. The molecule has 0 fully saturated rings. The van der Waals surface area contributed by atoms with E-state index in [1.165, 1.54) is 7.11 Å². The van der Waals surface area contributed by atoms with E-state index in [0.29, 0.717) is 5.69 Å². The predicted octanol–water partition coefficient (Wildman–Crippen LogP) is 1.32. The molecule has 4 nitrogen and oxygen atoms in total. The van der Waals surface area contributed by atoms with Gasteiger partial charge in [0.15, 0.2) is 5.15 Å². The largest absolute Gasteiger partial charge is 0.467 e. The van der Waals surface area contributed by atoms with Crippen molar-refractivity contribution in [2.75, 3.05) is 7.11 Å². The van der Waals surface area contributed by atoms with Crippen molar-refractivity contribution < 1.29 is 4.74 Å². The Labute approximate surface area is 74.8 Å². The maximum absolute atomic E-state index is 8.61. The summed E-state index contributed by atoms with van der Waals surface area (Å²) in [7, 11) is 1.44. The molecular weight excluding hydrogens is 178 g/mol. The van der Waals surface area contributed by atoms with Gasteiger partial charge in [0.2, 0.25) is 0 Å². The summed E-state index contributed by atoms with van der Waals surface area (Å²) in [6.45, 7) is 1.68. The maximum Gasteiger partial charge on any atom is 0.317 e. The van der Waals surface area contributed by atoms with E-state index in [4.69, 9.17) is 21.6 Å². The van der Waals surface area contributed by atoms with E-state index in [1.54, 1.807) is 6.92 Å². The maximum atomic E-state index is 8.61. The molecule has 0 atom stereocenters. The molecular formula is C7H6ClN3O. The van der Waals surface area contributed by atoms with E-state index in [2.05, 4.69) is 9.97 Å². The highest BCUT2D eigenvalue weighted by Gasteiger charge is 2.08. The average Bonchev–Trinajstić information content (AvgIpc) is 2.03. The Bertz CT molecular complexity index is 322. The topological polar surface area (TPSA) is 58.8 Å². The number of hydrogen-bond donors (Lipinski definition) is 0. The van der Waals surface area contributed by atoms with Crippen LogP contribution >= 0.6 is 11.6 Å². The smallest absolute Gasteiger partial charge is 0.317 e. The summed E-state index contributed by atoms with van der Waals surface area (Å²) in [5, 5.41) is 8.73. The normalized spacial score (nSPS) is 9.17. The first-order valence-electron chi connectivity index (χ1n) is 3.17. The molecule has 62 valence electrons. The molecule has 0 aromatic carbocycles. The second-order valence-corrected chi connectivity index (χ2v) is 2.43. The van der Waals surface area contributed by atoms with Crippen molar-refractivity contribution in [3.63, 3.8) is 0 Å². The van der Waals surface area contributed by atoms with E-state index in [-0.39, 0.29) is 16.7 Å². The third-order valence-electron chi connectivity index (χ3n) is 1.32. The Kier molecular flexibility index (Phi) is 2.46. The van der Waals surface area contributed by atoms with Gasteiger partial charge in [0, 0.05) is 0 Å². The van der Waals surface area contributed by atoms with Gasteiger partial charge in [-0.2, -0.15) is 15.2 Å². The van der Waals surface area contributed by atoms with Gasteiger partial charge < -0.3 is 4.74 Å². The van der Waals surface area contributed by atoms with E-state index in [0.717, 1.165) is 0 Å². The van der Waals surface area contributed by atoms with Crippen LogP contribution in [-0.4, -0.2) is 17.1 Å². The molecule has 1 aromatic heterocycles. The number of ether oxygens (including phenoxy) is 1. The van der Waals surface area contributed by atoms with Gasteiger partial charge in [-0.05, 0) is 6.92 Å². The second kappa shape index (κ2) is 3.37. The molecule has 12 heavy (non-hydrogen) atoms. The zero-order valence-electron chi connectivity index (χ0n) is 6.63. The fourth-order valence-corrected chi connectivity index (χ4v) is 0.983. The van der Waals surface area contributed by atoms with Gasteiger partial charge >= 0.3 is 6.01 Å². The SMILES string of the molecule is COc1nc(C)c(C#N)c(Cl)n1. The van der Waals surface area contributed by atoms with Crippen LogP contribution in [0, 0.1) is 18.3 Å². The molecule has 0 N–H and O–H groups in total. The molecule has 0 aliphatic carbocycles. The molecule has 1 rings (SSSR count). The molecule has 0 aliphatic heterocycles. The lowest BCUT2D eigenvalue weighted by Gasteiger charge is -2.01. The van der Waals surface area contributed by atoms with Crippen molar-refractivity contribution in [3.05, 3.63) is 16.4 Å². The van der Waals surface area contributed by atoms with Gasteiger partial charge in [-0.25, -0.2) is 0 Å². The number of nitriles is 1. The van der Waals surface area contributed by atoms with Crippen LogP contribution in [0.2, 0.25) is 5.15 Å². The summed E-state index contributed by atoms with van der Waals surface area (Å²) in [5.74, 6) is 0. The van der Waals surface area contributed by atoms with E-state index in [1.807, 2.05) is 6.07 Å². The van der Waals surface area contributed by atoms with Crippen molar-refractivity contribution in [2.45, 2.75) is 6.92 Å². The summed E-state index contributed by atoms with van der Waals surface area (Å²) >= 11 is 5.66. The molecule has 0 aliphatic rings. The van der Waals surface area contributed by atoms with Crippen molar-refractivity contribution >= 4 is 11.6 Å². The van der Waals surface area contributed by atoms with E-state index in [9.17, 15) is 0 Å². The fraction of sp³-hybridized carbons (Fsp3) is 0.286. The number of halogens is 1. The summed E-state index contributed by atoms with van der Waals surface area (Å²) in [6, 6.07) is 2.08. The molecule has 0 unspecified atom stereocenters. The van der Waals surface area contributed by atoms with Crippen molar-refractivity contribution in [1.82, 2.24) is 9.97 Å². The first kappa shape index (κ1) is 8.75. The highest BCUT2D eigenvalue weighted by atomic mass is 35.5. The van der Waals surface area contributed by atoms with Gasteiger partial charge in [0.25, 0.3) is 0 Å². The standard InChI is InChI=1S/C7H6ClN3O/c1-4-5(3-9)6(8)11-7(10-4)12-2/h1-2H3. The first-order valence-corrected chi connectivity index (χ1v) is 3.55. The number of aromatic nitrogens is 2. The average molecular weight is 184 g/mol.